The van der Waals surface area contributed by atoms with E-state index in [-0.39, 0.29) is 12.2 Å². The van der Waals surface area contributed by atoms with E-state index in [4.69, 9.17) is 5.73 Å². The van der Waals surface area contributed by atoms with Crippen LogP contribution < -0.4 is 5.73 Å². The van der Waals surface area contributed by atoms with Crippen molar-refractivity contribution in [3.63, 3.8) is 0 Å². The van der Waals surface area contributed by atoms with Gasteiger partial charge in [-0.2, -0.15) is 0 Å². The van der Waals surface area contributed by atoms with E-state index < -0.39 is 11.3 Å². The van der Waals surface area contributed by atoms with Crippen molar-refractivity contribution in [2.45, 2.75) is 59.3 Å². The summed E-state index contributed by atoms with van der Waals surface area (Å²) in [6.45, 7) is 10.3. The van der Waals surface area contributed by atoms with Crippen LogP contribution in [0.2, 0.25) is 0 Å². The first-order chi connectivity index (χ1) is 14.7. The molecule has 3 heteroatoms. The number of nitrogens with two attached hydrogens (primary N) is 1. The molecule has 2 N–H and O–H groups in total. The number of carbonyl (C=O) groups excluding carboxylic acids is 2. The van der Waals surface area contributed by atoms with Gasteiger partial charge in [-0.05, 0) is 92.5 Å². The number of aryl methyl sites for hydroxylation is 2. The lowest BCUT2D eigenvalue weighted by molar-refractivity contribution is -0.129. The Hall–Kier alpha value is -3.16. The number of allylic oxidation sites excluding steroid dienone is 3. The summed E-state index contributed by atoms with van der Waals surface area (Å²) in [4.78, 5) is 25.1. The zero-order valence-corrected chi connectivity index (χ0v) is 19.1. The third-order valence-electron chi connectivity index (χ3n) is 6.78. The molecule has 0 saturated heterocycles. The summed E-state index contributed by atoms with van der Waals surface area (Å²) in [7, 11) is 0. The van der Waals surface area contributed by atoms with Crippen LogP contribution >= 0.6 is 0 Å². The number of rotatable bonds is 6. The molecule has 1 aliphatic carbocycles. The normalized spacial score (nSPS) is 18.0. The van der Waals surface area contributed by atoms with Gasteiger partial charge in [0.15, 0.2) is 5.78 Å². The van der Waals surface area contributed by atoms with Crippen LogP contribution in [0.1, 0.15) is 60.9 Å². The van der Waals surface area contributed by atoms with Gasteiger partial charge in [0.05, 0.1) is 11.8 Å². The van der Waals surface area contributed by atoms with Gasteiger partial charge < -0.3 is 5.73 Å². The van der Waals surface area contributed by atoms with Crippen molar-refractivity contribution in [1.29, 1.82) is 0 Å². The highest BCUT2D eigenvalue weighted by Gasteiger charge is 2.46. The summed E-state index contributed by atoms with van der Waals surface area (Å²) in [5.41, 5.74) is 16.8. The predicted molar refractivity (Wildman–Crippen MR) is 127 cm³/mol. The van der Waals surface area contributed by atoms with Crippen LogP contribution in [-0.2, 0) is 15.0 Å². The van der Waals surface area contributed by atoms with Gasteiger partial charge in [0.25, 0.3) is 0 Å². The molecule has 3 nitrogen and oxygen atoms in total. The van der Waals surface area contributed by atoms with E-state index in [1.807, 2.05) is 57.2 Å². The van der Waals surface area contributed by atoms with E-state index in [1.54, 1.807) is 0 Å². The van der Waals surface area contributed by atoms with Gasteiger partial charge in [0.1, 0.15) is 0 Å². The Morgan fingerprint density at radius 1 is 1.03 bits per heavy atom. The molecule has 1 aliphatic rings. The van der Waals surface area contributed by atoms with Gasteiger partial charge >= 0.3 is 0 Å². The number of Topliss-reactive ketones (excluding diaryl/α,β-unsaturated/α-hetero) is 1. The second-order valence-corrected chi connectivity index (χ2v) is 8.60. The zero-order chi connectivity index (χ0) is 22.8. The van der Waals surface area contributed by atoms with Gasteiger partial charge in [-0.1, -0.05) is 48.0 Å². The monoisotopic (exact) mass is 413 g/mol. The smallest absolute Gasteiger partial charge is 0.224 e. The molecule has 0 spiro atoms. The highest BCUT2D eigenvalue weighted by atomic mass is 16.2. The molecule has 0 radical (unpaired) electrons. The van der Waals surface area contributed by atoms with Crippen LogP contribution in [0, 0.1) is 20.8 Å². The lowest BCUT2D eigenvalue weighted by Crippen LogP contribution is -2.38. The van der Waals surface area contributed by atoms with Gasteiger partial charge in [0.2, 0.25) is 5.91 Å². The van der Waals surface area contributed by atoms with E-state index in [0.29, 0.717) is 6.42 Å². The van der Waals surface area contributed by atoms with E-state index in [9.17, 15) is 9.59 Å². The molecule has 1 atom stereocenters. The SMILES string of the molecule is CC(=C=CC1=C(C)[C@](C(=O)CC(N)=O)(c2cccc(C)c2C)CC1)c1ccccc1C. The number of hydrogen-bond acceptors (Lipinski definition) is 2. The molecular weight excluding hydrogens is 382 g/mol. The number of hydrogen-bond donors (Lipinski definition) is 1. The molecule has 0 heterocycles. The number of ketones is 1. The van der Waals surface area contributed by atoms with E-state index >= 15 is 0 Å². The van der Waals surface area contributed by atoms with Crippen molar-refractivity contribution in [1.82, 2.24) is 0 Å². The molecule has 1 amide bonds. The van der Waals surface area contributed by atoms with Crippen molar-refractivity contribution >= 4 is 17.3 Å². The molecule has 2 aromatic rings. The molecule has 0 unspecified atom stereocenters. The summed E-state index contributed by atoms with van der Waals surface area (Å²) in [5.74, 6) is -0.698. The minimum Gasteiger partial charge on any atom is -0.369 e. The Balaban J connectivity index is 2.15. The van der Waals surface area contributed by atoms with Crippen molar-refractivity contribution in [2.24, 2.45) is 5.73 Å². The standard InChI is InChI=1S/C28H31NO2/c1-18-10-8-12-25(21(18)4)28(26(30)17-27(29)31)16-15-23(22(28)5)14-13-20(3)24-11-7-6-9-19(24)2/h6-12,14H,15-17H2,1-5H3,(H2,29,31)/t13?,28-/m0/s1. The molecule has 0 bridgehead atoms. The van der Waals surface area contributed by atoms with Gasteiger partial charge in [-0.15, -0.1) is 5.73 Å². The van der Waals surface area contributed by atoms with Gasteiger partial charge in [-0.3, -0.25) is 9.59 Å². The fourth-order valence-corrected chi connectivity index (χ4v) is 4.78. The summed E-state index contributed by atoms with van der Waals surface area (Å²) < 4.78 is 0. The lowest BCUT2D eigenvalue weighted by Gasteiger charge is -2.32. The van der Waals surface area contributed by atoms with E-state index in [1.165, 1.54) is 11.1 Å². The number of carbonyl (C=O) groups is 2. The van der Waals surface area contributed by atoms with Crippen LogP contribution in [0.15, 0.2) is 65.4 Å². The summed E-state index contributed by atoms with van der Waals surface area (Å²) in [6, 6.07) is 14.3. The first kappa shape index (κ1) is 22.5. The molecule has 2 aromatic carbocycles. The van der Waals surface area contributed by atoms with Gasteiger partial charge in [0, 0.05) is 0 Å². The van der Waals surface area contributed by atoms with E-state index in [0.717, 1.165) is 39.8 Å². The van der Waals surface area contributed by atoms with Crippen LogP contribution in [0.5, 0.6) is 0 Å². The van der Waals surface area contributed by atoms with Crippen LogP contribution in [-0.4, -0.2) is 11.7 Å². The number of benzene rings is 2. The average molecular weight is 414 g/mol. The molecule has 0 fully saturated rings. The number of primary amides is 1. The maximum absolute atomic E-state index is 13.4. The highest BCUT2D eigenvalue weighted by molar-refractivity contribution is 6.05. The first-order valence-electron chi connectivity index (χ1n) is 10.8. The minimum atomic E-state index is -0.810. The third-order valence-corrected chi connectivity index (χ3v) is 6.78. The van der Waals surface area contributed by atoms with Crippen molar-refractivity contribution in [2.75, 3.05) is 0 Å². The topological polar surface area (TPSA) is 60.2 Å². The molecule has 0 aliphatic heterocycles. The first-order valence-corrected chi connectivity index (χ1v) is 10.8. The second kappa shape index (κ2) is 8.91. The molecule has 0 aromatic heterocycles. The second-order valence-electron chi connectivity index (χ2n) is 8.60. The molecule has 31 heavy (non-hydrogen) atoms. The minimum absolute atomic E-state index is 0.116. The highest BCUT2D eigenvalue weighted by Crippen LogP contribution is 2.48. The zero-order valence-electron chi connectivity index (χ0n) is 19.1. The van der Waals surface area contributed by atoms with Crippen LogP contribution in [0.3, 0.4) is 0 Å². The fraction of sp³-hybridized carbons (Fsp3) is 0.321. The number of amides is 1. The molecule has 0 saturated carbocycles. The molecule has 160 valence electrons. The van der Waals surface area contributed by atoms with Gasteiger partial charge in [-0.25, -0.2) is 0 Å². The molecule has 3 rings (SSSR count). The Labute approximate surface area is 185 Å². The van der Waals surface area contributed by atoms with Crippen molar-refractivity contribution in [3.05, 3.63) is 93.2 Å². The summed E-state index contributed by atoms with van der Waals surface area (Å²) >= 11 is 0. The Bertz CT molecular complexity index is 1150. The predicted octanol–water partition coefficient (Wildman–Crippen LogP) is 5.66. The lowest BCUT2D eigenvalue weighted by atomic mass is 9.69. The van der Waals surface area contributed by atoms with Crippen LogP contribution in [0.4, 0.5) is 0 Å². The largest absolute Gasteiger partial charge is 0.369 e. The van der Waals surface area contributed by atoms with E-state index in [2.05, 4.69) is 31.7 Å². The third kappa shape index (κ3) is 4.19. The maximum atomic E-state index is 13.4. The van der Waals surface area contributed by atoms with Crippen molar-refractivity contribution < 1.29 is 9.59 Å². The van der Waals surface area contributed by atoms with Crippen LogP contribution in [0.25, 0.3) is 5.57 Å². The quantitative estimate of drug-likeness (QED) is 0.490. The Morgan fingerprint density at radius 3 is 2.39 bits per heavy atom. The summed E-state index contributed by atoms with van der Waals surface area (Å²) in [6.07, 6.45) is 3.17. The van der Waals surface area contributed by atoms with Crippen molar-refractivity contribution in [3.8, 4) is 0 Å². The molecular formula is C28H31NO2. The Kier molecular flexibility index (Phi) is 6.48. The Morgan fingerprint density at radius 2 is 1.71 bits per heavy atom. The fourth-order valence-electron chi connectivity index (χ4n) is 4.78. The maximum Gasteiger partial charge on any atom is 0.224 e. The summed E-state index contributed by atoms with van der Waals surface area (Å²) in [5, 5.41) is 0. The average Bonchev–Trinajstić information content (AvgIpc) is 3.05.